The van der Waals surface area contributed by atoms with Gasteiger partial charge in [-0.15, -0.1) is 0 Å². The number of carbonyl (C=O) groups is 2. The Balaban J connectivity index is 1.51. The Morgan fingerprint density at radius 3 is 2.46 bits per heavy atom. The van der Waals surface area contributed by atoms with Crippen molar-refractivity contribution in [2.24, 2.45) is 0 Å². The van der Waals surface area contributed by atoms with Crippen molar-refractivity contribution < 1.29 is 19.1 Å². The number of nitrogens with one attached hydrogen (secondary N) is 2. The van der Waals surface area contributed by atoms with Crippen LogP contribution in [0.2, 0.25) is 0 Å². The summed E-state index contributed by atoms with van der Waals surface area (Å²) in [6.07, 6.45) is -0.643. The van der Waals surface area contributed by atoms with Crippen LogP contribution in [0.4, 0.5) is 0 Å². The van der Waals surface area contributed by atoms with E-state index in [-0.39, 0.29) is 12.3 Å². The highest BCUT2D eigenvalue weighted by atomic mass is 16.5. The van der Waals surface area contributed by atoms with Crippen LogP contribution in [0.15, 0.2) is 66.7 Å². The van der Waals surface area contributed by atoms with Gasteiger partial charge in [-0.2, -0.15) is 0 Å². The third-order valence-corrected chi connectivity index (χ3v) is 4.23. The second-order valence-corrected chi connectivity index (χ2v) is 6.33. The molecule has 2 N–H and O–H groups in total. The van der Waals surface area contributed by atoms with Gasteiger partial charge >= 0.3 is 0 Å². The van der Waals surface area contributed by atoms with Crippen LogP contribution in [-0.2, 0) is 16.0 Å². The minimum Gasteiger partial charge on any atom is -0.497 e. The summed E-state index contributed by atoms with van der Waals surface area (Å²) < 4.78 is 10.8. The third kappa shape index (κ3) is 5.01. The first-order valence-corrected chi connectivity index (χ1v) is 8.92. The van der Waals surface area contributed by atoms with E-state index in [2.05, 4.69) is 10.9 Å². The maximum absolute atomic E-state index is 12.2. The molecule has 28 heavy (non-hydrogen) atoms. The van der Waals surface area contributed by atoms with E-state index in [1.54, 1.807) is 32.2 Å². The summed E-state index contributed by atoms with van der Waals surface area (Å²) in [6, 6.07) is 20.7. The van der Waals surface area contributed by atoms with Gasteiger partial charge in [-0.05, 0) is 47.5 Å². The van der Waals surface area contributed by atoms with E-state index in [9.17, 15) is 9.59 Å². The zero-order valence-electron chi connectivity index (χ0n) is 15.8. The van der Waals surface area contributed by atoms with Crippen LogP contribution in [0, 0.1) is 0 Å². The molecule has 0 aliphatic heterocycles. The number of carbonyl (C=O) groups excluding carboxylic acids is 2. The quantitative estimate of drug-likeness (QED) is 0.647. The number of rotatable bonds is 6. The van der Waals surface area contributed by atoms with Crippen molar-refractivity contribution in [3.63, 3.8) is 0 Å². The fourth-order valence-corrected chi connectivity index (χ4v) is 2.74. The average molecular weight is 378 g/mol. The van der Waals surface area contributed by atoms with Crippen molar-refractivity contribution in [1.29, 1.82) is 0 Å². The van der Waals surface area contributed by atoms with Crippen molar-refractivity contribution >= 4 is 22.6 Å². The van der Waals surface area contributed by atoms with Crippen molar-refractivity contribution in [2.75, 3.05) is 7.11 Å². The monoisotopic (exact) mass is 378 g/mol. The zero-order chi connectivity index (χ0) is 19.9. The third-order valence-electron chi connectivity index (χ3n) is 4.23. The number of hydrogen-bond acceptors (Lipinski definition) is 4. The molecule has 3 rings (SSSR count). The standard InChI is InChI=1S/C22H22N2O4/c1-15(28-20-11-10-17-7-3-4-8-18(17)14-20)22(26)24-23-21(25)13-16-6-5-9-19(12-16)27-2/h3-12,14-15H,13H2,1-2H3,(H,23,25)(H,24,26). The number of benzene rings is 3. The molecule has 144 valence electrons. The van der Waals surface area contributed by atoms with E-state index in [0.29, 0.717) is 11.5 Å². The highest BCUT2D eigenvalue weighted by Gasteiger charge is 2.16. The van der Waals surface area contributed by atoms with Crippen molar-refractivity contribution in [3.8, 4) is 11.5 Å². The van der Waals surface area contributed by atoms with Gasteiger partial charge < -0.3 is 9.47 Å². The van der Waals surface area contributed by atoms with Crippen molar-refractivity contribution in [3.05, 3.63) is 72.3 Å². The predicted octanol–water partition coefficient (Wildman–Crippen LogP) is 3.01. The number of methoxy groups -OCH3 is 1. The minimum absolute atomic E-state index is 0.122. The van der Waals surface area contributed by atoms with Gasteiger partial charge in [0, 0.05) is 0 Å². The molecule has 0 saturated heterocycles. The Kier molecular flexibility index (Phi) is 6.11. The second kappa shape index (κ2) is 8.90. The van der Waals surface area contributed by atoms with Gasteiger partial charge in [0.1, 0.15) is 11.5 Å². The molecule has 1 unspecified atom stereocenters. The molecule has 0 radical (unpaired) electrons. The van der Waals surface area contributed by atoms with Gasteiger partial charge in [0.05, 0.1) is 13.5 Å². The maximum Gasteiger partial charge on any atom is 0.279 e. The Morgan fingerprint density at radius 1 is 0.893 bits per heavy atom. The molecule has 0 saturated carbocycles. The minimum atomic E-state index is -0.765. The molecule has 0 heterocycles. The molecular weight excluding hydrogens is 356 g/mol. The van der Waals surface area contributed by atoms with Crippen molar-refractivity contribution in [1.82, 2.24) is 10.9 Å². The first-order valence-electron chi connectivity index (χ1n) is 8.92. The molecule has 0 fully saturated rings. The molecular formula is C22H22N2O4. The fraction of sp³-hybridized carbons (Fsp3) is 0.182. The lowest BCUT2D eigenvalue weighted by Crippen LogP contribution is -2.47. The highest BCUT2D eigenvalue weighted by molar-refractivity contribution is 5.86. The Hall–Kier alpha value is -3.54. The summed E-state index contributed by atoms with van der Waals surface area (Å²) in [7, 11) is 1.57. The van der Waals surface area contributed by atoms with Gasteiger partial charge in [0.25, 0.3) is 5.91 Å². The predicted molar refractivity (Wildman–Crippen MR) is 107 cm³/mol. The summed E-state index contributed by atoms with van der Waals surface area (Å²) in [5.74, 6) is 0.488. The number of hydrazine groups is 1. The van der Waals surface area contributed by atoms with Crippen LogP contribution in [0.1, 0.15) is 12.5 Å². The Morgan fingerprint density at radius 2 is 1.68 bits per heavy atom. The molecule has 0 bridgehead atoms. The van der Waals surface area contributed by atoms with Crippen LogP contribution >= 0.6 is 0 Å². The first-order chi connectivity index (χ1) is 13.5. The van der Waals surface area contributed by atoms with Gasteiger partial charge in [0.2, 0.25) is 5.91 Å². The molecule has 6 nitrogen and oxygen atoms in total. The van der Waals surface area contributed by atoms with Crippen LogP contribution in [0.3, 0.4) is 0 Å². The Labute approximate surface area is 163 Å². The van der Waals surface area contributed by atoms with Gasteiger partial charge in [-0.25, -0.2) is 0 Å². The van der Waals surface area contributed by atoms with Crippen molar-refractivity contribution in [2.45, 2.75) is 19.4 Å². The van der Waals surface area contributed by atoms with Crippen LogP contribution < -0.4 is 20.3 Å². The zero-order valence-corrected chi connectivity index (χ0v) is 15.8. The van der Waals surface area contributed by atoms with E-state index in [0.717, 1.165) is 16.3 Å². The van der Waals surface area contributed by atoms with Crippen LogP contribution in [-0.4, -0.2) is 25.0 Å². The average Bonchev–Trinajstić information content (AvgIpc) is 2.72. The molecule has 0 aliphatic rings. The summed E-state index contributed by atoms with van der Waals surface area (Å²) in [5, 5.41) is 2.12. The van der Waals surface area contributed by atoms with E-state index < -0.39 is 12.0 Å². The molecule has 0 spiro atoms. The number of amides is 2. The number of ether oxygens (including phenoxy) is 2. The van der Waals surface area contributed by atoms with E-state index in [1.165, 1.54) is 0 Å². The fourth-order valence-electron chi connectivity index (χ4n) is 2.74. The number of fused-ring (bicyclic) bond motifs is 1. The molecule has 0 aliphatic carbocycles. The highest BCUT2D eigenvalue weighted by Crippen LogP contribution is 2.21. The summed E-state index contributed by atoms with van der Waals surface area (Å²) in [6.45, 7) is 1.62. The molecule has 3 aromatic rings. The first kappa shape index (κ1) is 19.2. The molecule has 3 aromatic carbocycles. The van der Waals surface area contributed by atoms with E-state index in [1.807, 2.05) is 48.5 Å². The largest absolute Gasteiger partial charge is 0.497 e. The normalized spacial score (nSPS) is 11.5. The molecule has 6 heteroatoms. The smallest absolute Gasteiger partial charge is 0.279 e. The SMILES string of the molecule is COc1cccc(CC(=O)NNC(=O)C(C)Oc2ccc3ccccc3c2)c1. The van der Waals surface area contributed by atoms with Crippen LogP contribution in [0.5, 0.6) is 11.5 Å². The second-order valence-electron chi connectivity index (χ2n) is 6.33. The van der Waals surface area contributed by atoms with E-state index in [4.69, 9.17) is 9.47 Å². The van der Waals surface area contributed by atoms with E-state index >= 15 is 0 Å². The maximum atomic E-state index is 12.2. The topological polar surface area (TPSA) is 76.7 Å². The lowest BCUT2D eigenvalue weighted by molar-refractivity contribution is -0.132. The molecule has 0 aromatic heterocycles. The van der Waals surface area contributed by atoms with Gasteiger partial charge in [-0.1, -0.05) is 42.5 Å². The lowest BCUT2D eigenvalue weighted by Gasteiger charge is -2.15. The number of hydrogen-bond donors (Lipinski definition) is 2. The molecule has 2 amide bonds. The van der Waals surface area contributed by atoms with Gasteiger partial charge in [0.15, 0.2) is 6.10 Å². The van der Waals surface area contributed by atoms with Crippen LogP contribution in [0.25, 0.3) is 10.8 Å². The summed E-state index contributed by atoms with van der Waals surface area (Å²) in [4.78, 5) is 24.2. The molecule has 1 atom stereocenters. The Bertz CT molecular complexity index is 987. The summed E-state index contributed by atoms with van der Waals surface area (Å²) >= 11 is 0. The lowest BCUT2D eigenvalue weighted by atomic mass is 10.1. The summed E-state index contributed by atoms with van der Waals surface area (Å²) in [5.41, 5.74) is 5.58. The van der Waals surface area contributed by atoms with Gasteiger partial charge in [-0.3, -0.25) is 20.4 Å².